The fraction of sp³-hybridized carbons (Fsp3) is 0.833. The van der Waals surface area contributed by atoms with Crippen molar-refractivity contribution in [2.45, 2.75) is 309 Å². The molecule has 0 rings (SSSR count). The molecule has 0 aliphatic heterocycles. The Labute approximate surface area is 405 Å². The highest BCUT2D eigenvalue weighted by molar-refractivity contribution is 5.70. The summed E-state index contributed by atoms with van der Waals surface area (Å²) in [4.78, 5) is 24.3. The molecule has 0 bridgehead atoms. The largest absolute Gasteiger partial charge is 0.462 e. The fourth-order valence-corrected chi connectivity index (χ4v) is 8.51. The van der Waals surface area contributed by atoms with Gasteiger partial charge in [-0.1, -0.05) is 268 Å². The molecule has 0 aromatic carbocycles. The zero-order valence-corrected chi connectivity index (χ0v) is 43.5. The van der Waals surface area contributed by atoms with Gasteiger partial charge < -0.3 is 14.6 Å². The number of rotatable bonds is 53. The number of hydrogen-bond donors (Lipinski definition) is 1. The molecule has 380 valence electrons. The van der Waals surface area contributed by atoms with Crippen LogP contribution >= 0.6 is 0 Å². The molecular weight excluding hydrogens is 801 g/mol. The van der Waals surface area contributed by atoms with Gasteiger partial charge in [-0.3, -0.25) is 9.59 Å². The van der Waals surface area contributed by atoms with Gasteiger partial charge in [0.1, 0.15) is 6.61 Å². The number of unbranched alkanes of at least 4 members (excludes halogenated alkanes) is 37. The van der Waals surface area contributed by atoms with Gasteiger partial charge in [0.05, 0.1) is 6.61 Å². The quantitative estimate of drug-likeness (QED) is 0.0374. The van der Waals surface area contributed by atoms with Crippen LogP contribution in [0.1, 0.15) is 303 Å². The predicted molar refractivity (Wildman–Crippen MR) is 284 cm³/mol. The van der Waals surface area contributed by atoms with Crippen molar-refractivity contribution >= 4 is 11.9 Å². The zero-order valence-electron chi connectivity index (χ0n) is 43.5. The predicted octanol–water partition coefficient (Wildman–Crippen LogP) is 19.3. The minimum atomic E-state index is -0.771. The molecule has 0 amide bonds. The lowest BCUT2D eigenvalue weighted by Gasteiger charge is -2.15. The smallest absolute Gasteiger partial charge is 0.306 e. The summed E-state index contributed by atoms with van der Waals surface area (Å²) in [6.45, 7) is 4.08. The molecule has 0 saturated carbocycles. The van der Waals surface area contributed by atoms with Crippen LogP contribution in [0.4, 0.5) is 0 Å². The number of aliphatic hydroxyl groups is 1. The van der Waals surface area contributed by atoms with Crippen molar-refractivity contribution in [3.8, 4) is 0 Å². The second kappa shape index (κ2) is 56.2. The molecule has 0 saturated heterocycles. The molecule has 0 aromatic heterocycles. The van der Waals surface area contributed by atoms with Gasteiger partial charge in [0.2, 0.25) is 0 Å². The average molecular weight is 912 g/mol. The van der Waals surface area contributed by atoms with E-state index in [1.165, 1.54) is 212 Å². The van der Waals surface area contributed by atoms with Crippen LogP contribution in [0.2, 0.25) is 0 Å². The Kier molecular flexibility index (Phi) is 54.3. The highest BCUT2D eigenvalue weighted by Crippen LogP contribution is 2.17. The van der Waals surface area contributed by atoms with E-state index in [9.17, 15) is 14.7 Å². The molecule has 0 heterocycles. The van der Waals surface area contributed by atoms with E-state index >= 15 is 0 Å². The molecule has 1 N–H and O–H groups in total. The van der Waals surface area contributed by atoms with Crippen LogP contribution in [-0.2, 0) is 19.1 Å². The second-order valence-corrected chi connectivity index (χ2v) is 19.4. The standard InChI is InChI=1S/C60H110O5/c1-3-5-7-9-11-13-15-16-17-18-19-20-21-22-23-24-25-26-27-28-29-30-31-32-33-34-35-36-37-38-39-40-41-42-43-44-45-47-49-51-53-55-60(63)65-58(56-61)57-64-59(62)54-52-50-48-46-14-12-10-8-6-4-2/h8,10,15-16,18-19,21-22,58,61H,3-7,9,11-14,17,20,23-57H2,1-2H3/b10-8-,16-15-,19-18-,22-21-. The SMILES string of the molecule is CCC/C=C\CCCCCCCC(=O)OCC(CO)OC(=O)CCCCCCCCCCCCCCCCCCCCCCCCCCCC/C=C\C/C=C\C/C=C\CCCCCCC. The van der Waals surface area contributed by atoms with Crippen LogP contribution < -0.4 is 0 Å². The fourth-order valence-electron chi connectivity index (χ4n) is 8.51. The monoisotopic (exact) mass is 911 g/mol. The highest BCUT2D eigenvalue weighted by atomic mass is 16.6. The molecule has 5 heteroatoms. The number of allylic oxidation sites excluding steroid dienone is 8. The third kappa shape index (κ3) is 54.4. The third-order valence-electron chi connectivity index (χ3n) is 12.8. The lowest BCUT2D eigenvalue weighted by Crippen LogP contribution is -2.28. The summed E-state index contributed by atoms with van der Waals surface area (Å²) in [5, 5.41) is 9.59. The second-order valence-electron chi connectivity index (χ2n) is 19.4. The molecule has 65 heavy (non-hydrogen) atoms. The Balaban J connectivity index is 3.35. The van der Waals surface area contributed by atoms with E-state index in [-0.39, 0.29) is 25.2 Å². The first-order valence-electron chi connectivity index (χ1n) is 28.7. The van der Waals surface area contributed by atoms with Crippen molar-refractivity contribution in [2.75, 3.05) is 13.2 Å². The third-order valence-corrected chi connectivity index (χ3v) is 12.8. The summed E-state index contributed by atoms with van der Waals surface area (Å²) in [5.41, 5.74) is 0. The van der Waals surface area contributed by atoms with E-state index in [0.29, 0.717) is 12.8 Å². The molecule has 0 aromatic rings. The lowest BCUT2D eigenvalue weighted by atomic mass is 10.0. The Morgan fingerprint density at radius 2 is 0.646 bits per heavy atom. The van der Waals surface area contributed by atoms with E-state index in [1.807, 2.05) is 0 Å². The van der Waals surface area contributed by atoms with Crippen LogP contribution in [-0.4, -0.2) is 36.4 Å². The summed E-state index contributed by atoms with van der Waals surface area (Å²) in [6, 6.07) is 0. The van der Waals surface area contributed by atoms with E-state index in [0.717, 1.165) is 64.2 Å². The zero-order chi connectivity index (χ0) is 47.0. The number of esters is 2. The van der Waals surface area contributed by atoms with Crippen LogP contribution in [0.25, 0.3) is 0 Å². The first-order chi connectivity index (χ1) is 32.1. The van der Waals surface area contributed by atoms with Crippen molar-refractivity contribution in [3.05, 3.63) is 48.6 Å². The van der Waals surface area contributed by atoms with Crippen molar-refractivity contribution in [1.29, 1.82) is 0 Å². The molecule has 5 nitrogen and oxygen atoms in total. The maximum atomic E-state index is 12.2. The number of hydrogen-bond acceptors (Lipinski definition) is 5. The van der Waals surface area contributed by atoms with E-state index in [1.54, 1.807) is 0 Å². The van der Waals surface area contributed by atoms with E-state index in [2.05, 4.69) is 62.5 Å². The Morgan fingerprint density at radius 3 is 1.00 bits per heavy atom. The van der Waals surface area contributed by atoms with E-state index in [4.69, 9.17) is 9.47 Å². The minimum Gasteiger partial charge on any atom is -0.462 e. The van der Waals surface area contributed by atoms with Crippen LogP contribution in [0, 0.1) is 0 Å². The Bertz CT molecular complexity index is 1080. The van der Waals surface area contributed by atoms with Crippen LogP contribution in [0.5, 0.6) is 0 Å². The normalized spacial score (nSPS) is 12.5. The highest BCUT2D eigenvalue weighted by Gasteiger charge is 2.16. The topological polar surface area (TPSA) is 72.8 Å². The van der Waals surface area contributed by atoms with Gasteiger partial charge in [-0.25, -0.2) is 0 Å². The summed E-state index contributed by atoms with van der Waals surface area (Å²) in [5.74, 6) is -0.592. The van der Waals surface area contributed by atoms with E-state index < -0.39 is 6.10 Å². The van der Waals surface area contributed by atoms with Gasteiger partial charge in [-0.15, -0.1) is 0 Å². The van der Waals surface area contributed by atoms with Crippen molar-refractivity contribution < 1.29 is 24.2 Å². The van der Waals surface area contributed by atoms with Gasteiger partial charge in [0, 0.05) is 12.8 Å². The lowest BCUT2D eigenvalue weighted by molar-refractivity contribution is -0.161. The summed E-state index contributed by atoms with van der Waals surface area (Å²) in [7, 11) is 0. The van der Waals surface area contributed by atoms with Crippen LogP contribution in [0.3, 0.4) is 0 Å². The van der Waals surface area contributed by atoms with Gasteiger partial charge in [0.15, 0.2) is 6.10 Å². The maximum Gasteiger partial charge on any atom is 0.306 e. The van der Waals surface area contributed by atoms with Gasteiger partial charge in [0.25, 0.3) is 0 Å². The minimum absolute atomic E-state index is 0.0668. The maximum absolute atomic E-state index is 12.2. The Morgan fingerprint density at radius 1 is 0.354 bits per heavy atom. The van der Waals surface area contributed by atoms with Gasteiger partial charge >= 0.3 is 11.9 Å². The van der Waals surface area contributed by atoms with Crippen LogP contribution in [0.15, 0.2) is 48.6 Å². The molecular formula is C60H110O5. The molecule has 0 aliphatic carbocycles. The first kappa shape index (κ1) is 62.9. The number of carbonyl (C=O) groups excluding carboxylic acids is 2. The summed E-state index contributed by atoms with van der Waals surface area (Å²) >= 11 is 0. The summed E-state index contributed by atoms with van der Waals surface area (Å²) in [6.07, 6.45) is 74.1. The molecule has 1 unspecified atom stereocenters. The molecule has 1 atom stereocenters. The van der Waals surface area contributed by atoms with Crippen molar-refractivity contribution in [1.82, 2.24) is 0 Å². The number of aliphatic hydroxyl groups excluding tert-OH is 1. The average Bonchev–Trinajstić information content (AvgIpc) is 3.31. The molecule has 0 radical (unpaired) electrons. The number of ether oxygens (including phenoxy) is 2. The van der Waals surface area contributed by atoms with Crippen molar-refractivity contribution in [2.24, 2.45) is 0 Å². The summed E-state index contributed by atoms with van der Waals surface area (Å²) < 4.78 is 10.6. The number of carbonyl (C=O) groups is 2. The van der Waals surface area contributed by atoms with Gasteiger partial charge in [-0.2, -0.15) is 0 Å². The van der Waals surface area contributed by atoms with Crippen molar-refractivity contribution in [3.63, 3.8) is 0 Å². The molecule has 0 aliphatic rings. The first-order valence-corrected chi connectivity index (χ1v) is 28.7. The Hall–Kier alpha value is -2.14. The molecule has 0 fully saturated rings. The molecule has 0 spiro atoms. The van der Waals surface area contributed by atoms with Gasteiger partial charge in [-0.05, 0) is 70.6 Å².